The van der Waals surface area contributed by atoms with E-state index < -0.39 is 10.0 Å². The number of hydrogen-bond acceptors (Lipinski definition) is 6. The molecule has 29 heavy (non-hydrogen) atoms. The molecule has 0 radical (unpaired) electrons. The molecule has 0 saturated heterocycles. The molecule has 2 aromatic carbocycles. The summed E-state index contributed by atoms with van der Waals surface area (Å²) in [5.74, 6) is 0.980. The highest BCUT2D eigenvalue weighted by Gasteiger charge is 2.20. The van der Waals surface area contributed by atoms with E-state index in [1.165, 1.54) is 12.1 Å². The number of anilines is 1. The lowest BCUT2D eigenvalue weighted by molar-refractivity contribution is 0.171. The number of thiazole rings is 1. The first-order valence-corrected chi connectivity index (χ1v) is 11.3. The van der Waals surface area contributed by atoms with Gasteiger partial charge in [-0.05, 0) is 31.2 Å². The van der Waals surface area contributed by atoms with E-state index in [-0.39, 0.29) is 4.90 Å². The van der Waals surface area contributed by atoms with Crippen molar-refractivity contribution in [3.8, 4) is 22.8 Å². The van der Waals surface area contributed by atoms with Crippen LogP contribution >= 0.6 is 11.3 Å². The molecule has 1 N–H and O–H groups in total. The predicted molar refractivity (Wildman–Crippen MR) is 111 cm³/mol. The Bertz CT molecular complexity index is 1320. The van der Waals surface area contributed by atoms with Gasteiger partial charge in [0.15, 0.2) is 16.5 Å². The van der Waals surface area contributed by atoms with Crippen molar-refractivity contribution in [1.29, 1.82) is 0 Å². The van der Waals surface area contributed by atoms with E-state index >= 15 is 0 Å². The third-order valence-electron chi connectivity index (χ3n) is 4.62. The molecule has 0 fully saturated rings. The molecule has 2 aromatic heterocycles. The number of fused-ring (bicyclic) bond motifs is 2. The van der Waals surface area contributed by atoms with Crippen molar-refractivity contribution in [3.63, 3.8) is 0 Å². The van der Waals surface area contributed by atoms with Crippen LogP contribution < -0.4 is 14.2 Å². The van der Waals surface area contributed by atoms with E-state index in [4.69, 9.17) is 9.47 Å². The van der Waals surface area contributed by atoms with E-state index in [0.29, 0.717) is 30.4 Å². The smallest absolute Gasteiger partial charge is 0.262 e. The summed E-state index contributed by atoms with van der Waals surface area (Å²) in [4.78, 5) is 5.64. The van der Waals surface area contributed by atoms with Gasteiger partial charge in [-0.25, -0.2) is 13.4 Å². The largest absolute Gasteiger partial charge is 0.486 e. The fraction of sp³-hybridized carbons (Fsp3) is 0.150. The van der Waals surface area contributed by atoms with Crippen molar-refractivity contribution in [2.75, 3.05) is 17.9 Å². The number of aromatic nitrogens is 2. The lowest BCUT2D eigenvalue weighted by Crippen LogP contribution is -2.17. The predicted octanol–water partition coefficient (Wildman–Crippen LogP) is 3.94. The Balaban J connectivity index is 1.45. The molecule has 0 aliphatic carbocycles. The monoisotopic (exact) mass is 427 g/mol. The summed E-state index contributed by atoms with van der Waals surface area (Å²) in [5, 5.41) is 2.05. The first-order chi connectivity index (χ1) is 14.0. The Morgan fingerprint density at radius 3 is 2.76 bits per heavy atom. The Kier molecular flexibility index (Phi) is 4.21. The van der Waals surface area contributed by atoms with Crippen LogP contribution in [0.3, 0.4) is 0 Å². The molecule has 4 aromatic rings. The number of aryl methyl sites for hydroxylation is 1. The van der Waals surface area contributed by atoms with E-state index in [2.05, 4.69) is 9.71 Å². The van der Waals surface area contributed by atoms with Gasteiger partial charge in [0.2, 0.25) is 0 Å². The molecule has 9 heteroatoms. The minimum atomic E-state index is -3.78. The van der Waals surface area contributed by atoms with Crippen molar-refractivity contribution < 1.29 is 17.9 Å². The molecule has 1 aliphatic heterocycles. The van der Waals surface area contributed by atoms with Crippen molar-refractivity contribution >= 4 is 32.0 Å². The van der Waals surface area contributed by atoms with Gasteiger partial charge in [0.1, 0.15) is 13.2 Å². The highest BCUT2D eigenvalue weighted by Crippen LogP contribution is 2.33. The normalized spacial score (nSPS) is 13.6. The topological polar surface area (TPSA) is 81.9 Å². The molecule has 5 rings (SSSR count). The quantitative estimate of drug-likeness (QED) is 0.533. The van der Waals surface area contributed by atoms with Crippen molar-refractivity contribution in [2.45, 2.75) is 11.8 Å². The third-order valence-corrected chi connectivity index (χ3v) is 6.96. The van der Waals surface area contributed by atoms with Gasteiger partial charge in [-0.3, -0.25) is 9.12 Å². The fourth-order valence-corrected chi connectivity index (χ4v) is 5.10. The first-order valence-electron chi connectivity index (χ1n) is 8.96. The van der Waals surface area contributed by atoms with E-state index in [1.807, 2.05) is 29.0 Å². The Morgan fingerprint density at radius 1 is 1.10 bits per heavy atom. The van der Waals surface area contributed by atoms with Gasteiger partial charge in [0.05, 0.1) is 10.6 Å². The lowest BCUT2D eigenvalue weighted by Gasteiger charge is -2.19. The number of nitrogens with one attached hydrogen (secondary N) is 1. The van der Waals surface area contributed by atoms with Gasteiger partial charge in [-0.2, -0.15) is 0 Å². The molecule has 3 heterocycles. The van der Waals surface area contributed by atoms with Gasteiger partial charge < -0.3 is 9.47 Å². The summed E-state index contributed by atoms with van der Waals surface area (Å²) in [6.45, 7) is 2.87. The van der Waals surface area contributed by atoms with Gasteiger partial charge in [0, 0.05) is 34.6 Å². The maximum absolute atomic E-state index is 12.9. The SMILES string of the molecule is Cc1csc2nc(-c3cccc(NS(=O)(=O)c4ccc5c(c4)OCCO5)c3)cn12. The van der Waals surface area contributed by atoms with E-state index in [1.54, 1.807) is 35.6 Å². The Morgan fingerprint density at radius 2 is 1.93 bits per heavy atom. The van der Waals surface area contributed by atoms with Crippen LogP contribution in [0.1, 0.15) is 5.69 Å². The van der Waals surface area contributed by atoms with Crippen LogP contribution in [0, 0.1) is 6.92 Å². The molecule has 0 spiro atoms. The molecular weight excluding hydrogens is 410 g/mol. The summed E-state index contributed by atoms with van der Waals surface area (Å²) in [7, 11) is -3.78. The third kappa shape index (κ3) is 3.32. The minimum absolute atomic E-state index is 0.116. The molecule has 0 atom stereocenters. The molecule has 1 aliphatic rings. The number of benzene rings is 2. The Labute approximate surface area is 171 Å². The molecule has 7 nitrogen and oxygen atoms in total. The molecule has 0 saturated carbocycles. The van der Waals surface area contributed by atoms with Crippen LogP contribution in [0.25, 0.3) is 16.2 Å². The summed E-state index contributed by atoms with van der Waals surface area (Å²) in [5.41, 5.74) is 3.20. The lowest BCUT2D eigenvalue weighted by atomic mass is 10.1. The maximum Gasteiger partial charge on any atom is 0.262 e. The second-order valence-corrected chi connectivity index (χ2v) is 9.17. The van der Waals surface area contributed by atoms with Crippen LogP contribution in [0.15, 0.2) is 58.9 Å². The average Bonchev–Trinajstić information content (AvgIpc) is 3.30. The highest BCUT2D eigenvalue weighted by atomic mass is 32.2. The minimum Gasteiger partial charge on any atom is -0.486 e. The Hall–Kier alpha value is -3.04. The summed E-state index contributed by atoms with van der Waals surface area (Å²) in [6.07, 6.45) is 1.95. The molecular formula is C20H17N3O4S2. The van der Waals surface area contributed by atoms with Crippen LogP contribution in [-0.4, -0.2) is 31.0 Å². The number of nitrogens with zero attached hydrogens (tertiary/aromatic N) is 2. The number of hydrogen-bond donors (Lipinski definition) is 1. The van der Waals surface area contributed by atoms with Crippen molar-refractivity contribution in [1.82, 2.24) is 9.38 Å². The number of sulfonamides is 1. The molecule has 0 unspecified atom stereocenters. The van der Waals surface area contributed by atoms with Gasteiger partial charge in [-0.15, -0.1) is 11.3 Å². The zero-order valence-electron chi connectivity index (χ0n) is 15.5. The van der Waals surface area contributed by atoms with Gasteiger partial charge in [-0.1, -0.05) is 12.1 Å². The molecule has 148 valence electrons. The summed E-state index contributed by atoms with van der Waals surface area (Å²) < 4.78 is 41.3. The zero-order chi connectivity index (χ0) is 20.0. The van der Waals surface area contributed by atoms with Crippen LogP contribution in [0.2, 0.25) is 0 Å². The molecule has 0 amide bonds. The van der Waals surface area contributed by atoms with Gasteiger partial charge >= 0.3 is 0 Å². The summed E-state index contributed by atoms with van der Waals surface area (Å²) >= 11 is 1.57. The highest BCUT2D eigenvalue weighted by molar-refractivity contribution is 7.92. The number of imidazole rings is 1. The van der Waals surface area contributed by atoms with Crippen LogP contribution in [0.5, 0.6) is 11.5 Å². The second-order valence-electron chi connectivity index (χ2n) is 6.65. The standard InChI is InChI=1S/C20H17N3O4S2/c1-13-12-28-20-21-17(11-23(13)20)14-3-2-4-15(9-14)22-29(24,25)16-5-6-18-19(10-16)27-8-7-26-18/h2-6,9-12,22H,7-8H2,1H3. The zero-order valence-corrected chi connectivity index (χ0v) is 17.1. The molecule has 0 bridgehead atoms. The number of rotatable bonds is 4. The first kappa shape index (κ1) is 18.0. The van der Waals surface area contributed by atoms with E-state index in [9.17, 15) is 8.42 Å². The van der Waals surface area contributed by atoms with Crippen molar-refractivity contribution in [2.24, 2.45) is 0 Å². The average molecular weight is 428 g/mol. The fourth-order valence-electron chi connectivity index (χ4n) is 3.18. The second kappa shape index (κ2) is 6.78. The number of ether oxygens (including phenoxy) is 2. The van der Waals surface area contributed by atoms with Crippen LogP contribution in [0.4, 0.5) is 5.69 Å². The van der Waals surface area contributed by atoms with Crippen LogP contribution in [-0.2, 0) is 10.0 Å². The summed E-state index contributed by atoms with van der Waals surface area (Å²) in [6, 6.07) is 11.8. The maximum atomic E-state index is 12.9. The van der Waals surface area contributed by atoms with E-state index in [0.717, 1.165) is 21.9 Å². The van der Waals surface area contributed by atoms with Crippen molar-refractivity contribution in [3.05, 3.63) is 59.7 Å². The van der Waals surface area contributed by atoms with Gasteiger partial charge in [0.25, 0.3) is 10.0 Å².